The Balaban J connectivity index is 1.40. The van der Waals surface area contributed by atoms with Gasteiger partial charge in [-0.05, 0) is 99.3 Å². The van der Waals surface area contributed by atoms with Gasteiger partial charge in [-0.3, -0.25) is 0 Å². The Morgan fingerprint density at radius 3 is 2.13 bits per heavy atom. The minimum atomic E-state index is -0.521. The molecule has 1 unspecified atom stereocenters. The lowest BCUT2D eigenvalue weighted by atomic mass is 9.58. The Hall–Kier alpha value is -5.60. The van der Waals surface area contributed by atoms with Gasteiger partial charge in [0.25, 0.3) is 0 Å². The molecule has 2 heteroatoms. The van der Waals surface area contributed by atoms with Gasteiger partial charge in [0.1, 0.15) is 11.5 Å². The fourth-order valence-electron chi connectivity index (χ4n) is 8.49. The third kappa shape index (κ3) is 3.47. The van der Waals surface area contributed by atoms with Crippen molar-refractivity contribution in [2.75, 3.05) is 4.90 Å². The summed E-state index contributed by atoms with van der Waals surface area (Å²) in [6.07, 6.45) is 6.42. The van der Waals surface area contributed by atoms with Crippen molar-refractivity contribution in [3.8, 4) is 39.1 Å². The van der Waals surface area contributed by atoms with E-state index in [1.807, 2.05) is 0 Å². The molecule has 1 spiro atoms. The summed E-state index contributed by atoms with van der Waals surface area (Å²) >= 11 is 0. The van der Waals surface area contributed by atoms with Gasteiger partial charge < -0.3 is 9.64 Å². The van der Waals surface area contributed by atoms with Gasteiger partial charge in [-0.1, -0.05) is 115 Å². The fraction of sp³-hybridized carbons (Fsp3) is 0.0909. The first-order valence-electron chi connectivity index (χ1n) is 16.3. The maximum Gasteiger partial charge on any atom is 0.132 e. The number of allylic oxidation sites excluding steroid dienone is 3. The topological polar surface area (TPSA) is 12.5 Å². The average molecular weight is 590 g/mol. The number of ether oxygens (including phenoxy) is 1. The fourth-order valence-corrected chi connectivity index (χ4v) is 8.49. The van der Waals surface area contributed by atoms with Crippen LogP contribution in [0.4, 0.5) is 11.4 Å². The molecule has 3 aliphatic heterocycles. The third-order valence-electron chi connectivity index (χ3n) is 10.4. The van der Waals surface area contributed by atoms with E-state index in [1.165, 1.54) is 72.6 Å². The second-order valence-corrected chi connectivity index (χ2v) is 12.8. The summed E-state index contributed by atoms with van der Waals surface area (Å²) in [6.45, 7) is 0.832. The predicted molar refractivity (Wildman–Crippen MR) is 187 cm³/mol. The Morgan fingerprint density at radius 2 is 1.28 bits per heavy atom. The molecule has 6 aromatic carbocycles. The number of rotatable bonds is 2. The lowest BCUT2D eigenvalue weighted by molar-refractivity contribution is 0.386. The largest absolute Gasteiger partial charge is 0.457 e. The van der Waals surface area contributed by atoms with Crippen LogP contribution in [-0.2, 0) is 12.0 Å². The SMILES string of the molecule is C1=CC2=C(CC1)C1(c3ccccc3O2)c2cc(-c3ccccc3)ccc2N2Cc3ccccc3-c3cc(-c4ccccc4)cc1c32. The summed E-state index contributed by atoms with van der Waals surface area (Å²) in [5, 5.41) is 0. The number of hydrogen-bond acceptors (Lipinski definition) is 2. The monoisotopic (exact) mass is 589 g/mol. The molecule has 6 aromatic rings. The zero-order valence-corrected chi connectivity index (χ0v) is 25.4. The van der Waals surface area contributed by atoms with Crippen molar-refractivity contribution in [1.29, 1.82) is 0 Å². The lowest BCUT2D eigenvalue weighted by Crippen LogP contribution is -2.43. The van der Waals surface area contributed by atoms with Crippen molar-refractivity contribution in [1.82, 2.24) is 0 Å². The van der Waals surface area contributed by atoms with Crippen LogP contribution >= 0.6 is 0 Å². The van der Waals surface area contributed by atoms with Crippen LogP contribution in [0.1, 0.15) is 35.1 Å². The van der Waals surface area contributed by atoms with E-state index in [1.54, 1.807) is 0 Å². The van der Waals surface area contributed by atoms with Gasteiger partial charge in [0, 0.05) is 23.4 Å². The van der Waals surface area contributed by atoms with Gasteiger partial charge in [0.15, 0.2) is 0 Å². The van der Waals surface area contributed by atoms with Crippen LogP contribution in [0.3, 0.4) is 0 Å². The number of hydrogen-bond donors (Lipinski definition) is 0. The Bertz CT molecular complexity index is 2260. The van der Waals surface area contributed by atoms with Crippen LogP contribution in [-0.4, -0.2) is 0 Å². The Morgan fingerprint density at radius 1 is 0.565 bits per heavy atom. The van der Waals surface area contributed by atoms with Gasteiger partial charge in [-0.2, -0.15) is 0 Å². The van der Waals surface area contributed by atoms with Crippen LogP contribution in [0.5, 0.6) is 5.75 Å². The van der Waals surface area contributed by atoms with Gasteiger partial charge in [0.2, 0.25) is 0 Å². The highest BCUT2D eigenvalue weighted by Gasteiger charge is 2.53. The summed E-state index contributed by atoms with van der Waals surface area (Å²) in [5.74, 6) is 1.93. The smallest absolute Gasteiger partial charge is 0.132 e. The van der Waals surface area contributed by atoms with Gasteiger partial charge >= 0.3 is 0 Å². The van der Waals surface area contributed by atoms with E-state index < -0.39 is 5.41 Å². The van der Waals surface area contributed by atoms with Crippen molar-refractivity contribution in [2.45, 2.75) is 24.8 Å². The highest BCUT2D eigenvalue weighted by atomic mass is 16.5. The van der Waals surface area contributed by atoms with Crippen LogP contribution in [0, 0.1) is 0 Å². The molecule has 0 radical (unpaired) electrons. The second kappa shape index (κ2) is 9.70. The van der Waals surface area contributed by atoms with Crippen LogP contribution in [0.2, 0.25) is 0 Å². The van der Waals surface area contributed by atoms with Crippen LogP contribution < -0.4 is 9.64 Å². The van der Waals surface area contributed by atoms with E-state index in [-0.39, 0.29) is 0 Å². The van der Waals surface area contributed by atoms with Crippen LogP contribution in [0.25, 0.3) is 33.4 Å². The van der Waals surface area contributed by atoms with Gasteiger partial charge in [0.05, 0.1) is 11.1 Å². The molecule has 0 saturated heterocycles. The minimum absolute atomic E-state index is 0.521. The minimum Gasteiger partial charge on any atom is -0.457 e. The van der Waals surface area contributed by atoms with Crippen molar-refractivity contribution < 1.29 is 4.74 Å². The molecule has 1 aliphatic carbocycles. The standard InChI is InChI=1S/C44H31NO/c1-3-13-29(14-4-1)31-23-24-40-38(26-31)44(36-19-9-11-21-41(36)46-42-22-12-10-20-37(42)44)39-27-33(30-15-5-2-6-16-30)25-35-34-18-8-7-17-32(34)28-45(40)43(35)39/h1-9,11-19,21-27H,10,20,28H2. The number of benzene rings is 6. The maximum atomic E-state index is 6.76. The first-order chi connectivity index (χ1) is 22.8. The summed E-state index contributed by atoms with van der Waals surface area (Å²) in [6, 6.07) is 51.5. The molecule has 0 bridgehead atoms. The zero-order valence-electron chi connectivity index (χ0n) is 25.4. The number of nitrogens with zero attached hydrogens (tertiary/aromatic N) is 1. The van der Waals surface area contributed by atoms with Crippen LogP contribution in [0.15, 0.2) is 163 Å². The van der Waals surface area contributed by atoms with E-state index in [4.69, 9.17) is 4.74 Å². The predicted octanol–water partition coefficient (Wildman–Crippen LogP) is 11.0. The third-order valence-corrected chi connectivity index (χ3v) is 10.4. The molecular formula is C44H31NO. The van der Waals surface area contributed by atoms with E-state index >= 15 is 0 Å². The van der Waals surface area contributed by atoms with Gasteiger partial charge in [-0.15, -0.1) is 0 Å². The molecule has 0 fully saturated rings. The Kier molecular flexibility index (Phi) is 5.42. The highest BCUT2D eigenvalue weighted by Crippen LogP contribution is 2.64. The number of anilines is 2. The zero-order chi connectivity index (χ0) is 30.2. The first kappa shape index (κ1) is 25.7. The molecule has 218 valence electrons. The molecule has 0 aromatic heterocycles. The maximum absolute atomic E-state index is 6.76. The molecule has 46 heavy (non-hydrogen) atoms. The van der Waals surface area contributed by atoms with E-state index in [0.29, 0.717) is 0 Å². The molecule has 0 saturated carbocycles. The molecule has 3 heterocycles. The molecule has 2 nitrogen and oxygen atoms in total. The summed E-state index contributed by atoms with van der Waals surface area (Å²) < 4.78 is 6.76. The molecule has 4 aliphatic rings. The molecule has 0 amide bonds. The molecule has 1 atom stereocenters. The van der Waals surface area contributed by atoms with E-state index in [2.05, 4.69) is 157 Å². The lowest BCUT2D eigenvalue weighted by Gasteiger charge is -2.52. The molecular weight excluding hydrogens is 558 g/mol. The van der Waals surface area contributed by atoms with E-state index in [0.717, 1.165) is 30.9 Å². The second-order valence-electron chi connectivity index (χ2n) is 12.8. The molecule has 0 N–H and O–H groups in total. The normalized spacial score (nSPS) is 18.2. The molecule has 10 rings (SSSR count). The number of fused-ring (bicyclic) bond motifs is 9. The van der Waals surface area contributed by atoms with Crippen molar-refractivity contribution in [3.63, 3.8) is 0 Å². The summed E-state index contributed by atoms with van der Waals surface area (Å²) in [4.78, 5) is 2.59. The summed E-state index contributed by atoms with van der Waals surface area (Å²) in [5.41, 5.74) is 16.2. The van der Waals surface area contributed by atoms with Gasteiger partial charge in [-0.25, -0.2) is 0 Å². The van der Waals surface area contributed by atoms with E-state index in [9.17, 15) is 0 Å². The number of para-hydroxylation sites is 1. The first-order valence-corrected chi connectivity index (χ1v) is 16.3. The van der Waals surface area contributed by atoms with Crippen molar-refractivity contribution in [2.24, 2.45) is 0 Å². The Labute approximate surface area is 269 Å². The highest BCUT2D eigenvalue weighted by molar-refractivity contribution is 5.98. The average Bonchev–Trinajstić information content (AvgIpc) is 3.13. The quantitative estimate of drug-likeness (QED) is 0.199. The summed E-state index contributed by atoms with van der Waals surface area (Å²) in [7, 11) is 0. The van der Waals surface area contributed by atoms with Crippen molar-refractivity contribution in [3.05, 3.63) is 185 Å². The van der Waals surface area contributed by atoms with Crippen molar-refractivity contribution >= 4 is 11.4 Å².